The van der Waals surface area contributed by atoms with E-state index in [1.165, 1.54) is 7.05 Å². The SMILES string of the molecule is CN(CC(O)COc1ccccc1CN)CC(F)(F)F. The van der Waals surface area contributed by atoms with E-state index in [1.54, 1.807) is 18.2 Å². The highest BCUT2D eigenvalue weighted by atomic mass is 19.4. The van der Waals surface area contributed by atoms with Crippen LogP contribution >= 0.6 is 0 Å². The molecule has 0 saturated heterocycles. The van der Waals surface area contributed by atoms with Crippen LogP contribution in [0.1, 0.15) is 5.56 Å². The van der Waals surface area contributed by atoms with Crippen molar-refractivity contribution >= 4 is 0 Å². The number of alkyl halides is 3. The van der Waals surface area contributed by atoms with Crippen molar-refractivity contribution in [3.05, 3.63) is 29.8 Å². The fourth-order valence-corrected chi connectivity index (χ4v) is 1.78. The van der Waals surface area contributed by atoms with E-state index in [4.69, 9.17) is 10.5 Å². The van der Waals surface area contributed by atoms with E-state index in [9.17, 15) is 18.3 Å². The molecule has 1 unspecified atom stereocenters. The second kappa shape index (κ2) is 7.47. The minimum absolute atomic E-state index is 0.0841. The highest BCUT2D eigenvalue weighted by Crippen LogP contribution is 2.18. The van der Waals surface area contributed by atoms with Gasteiger partial charge in [-0.1, -0.05) is 18.2 Å². The van der Waals surface area contributed by atoms with Gasteiger partial charge in [0, 0.05) is 18.7 Å². The van der Waals surface area contributed by atoms with Crippen molar-refractivity contribution in [1.29, 1.82) is 0 Å². The number of halogens is 3. The first-order chi connectivity index (χ1) is 9.31. The summed E-state index contributed by atoms with van der Waals surface area (Å²) in [6, 6.07) is 7.06. The lowest BCUT2D eigenvalue weighted by Crippen LogP contribution is -2.38. The Labute approximate surface area is 115 Å². The molecule has 7 heteroatoms. The number of ether oxygens (including phenoxy) is 1. The van der Waals surface area contributed by atoms with Gasteiger partial charge in [0.2, 0.25) is 0 Å². The fraction of sp³-hybridized carbons (Fsp3) is 0.538. The van der Waals surface area contributed by atoms with Gasteiger partial charge in [-0.25, -0.2) is 0 Å². The summed E-state index contributed by atoms with van der Waals surface area (Å²) in [7, 11) is 1.30. The molecular weight excluding hydrogens is 273 g/mol. The minimum Gasteiger partial charge on any atom is -0.491 e. The molecule has 0 aliphatic rings. The second-order valence-corrected chi connectivity index (χ2v) is 4.59. The number of hydrogen-bond acceptors (Lipinski definition) is 4. The Morgan fingerprint density at radius 1 is 1.35 bits per heavy atom. The van der Waals surface area contributed by atoms with Gasteiger partial charge in [-0.2, -0.15) is 13.2 Å². The quantitative estimate of drug-likeness (QED) is 0.797. The molecule has 1 rings (SSSR count). The molecule has 1 aromatic rings. The van der Waals surface area contributed by atoms with Gasteiger partial charge in [0.15, 0.2) is 0 Å². The molecule has 0 aliphatic carbocycles. The molecule has 114 valence electrons. The first kappa shape index (κ1) is 16.7. The number of likely N-dealkylation sites (N-methyl/N-ethyl adjacent to an activating group) is 1. The molecule has 0 bridgehead atoms. The van der Waals surface area contributed by atoms with Gasteiger partial charge < -0.3 is 15.6 Å². The predicted octanol–water partition coefficient (Wildman–Crippen LogP) is 1.38. The van der Waals surface area contributed by atoms with E-state index in [2.05, 4.69) is 0 Å². The summed E-state index contributed by atoms with van der Waals surface area (Å²) in [4.78, 5) is 1.00. The smallest absolute Gasteiger partial charge is 0.401 e. The van der Waals surface area contributed by atoms with Crippen LogP contribution in [-0.4, -0.2) is 49.0 Å². The first-order valence-electron chi connectivity index (χ1n) is 6.16. The molecule has 1 atom stereocenters. The van der Waals surface area contributed by atoms with E-state index in [0.29, 0.717) is 12.3 Å². The van der Waals surface area contributed by atoms with Crippen molar-refractivity contribution in [3.63, 3.8) is 0 Å². The molecule has 0 spiro atoms. The van der Waals surface area contributed by atoms with Crippen molar-refractivity contribution in [3.8, 4) is 5.75 Å². The Kier molecular flexibility index (Phi) is 6.25. The third-order valence-corrected chi connectivity index (χ3v) is 2.60. The van der Waals surface area contributed by atoms with Crippen LogP contribution in [0.15, 0.2) is 24.3 Å². The zero-order valence-electron chi connectivity index (χ0n) is 11.2. The van der Waals surface area contributed by atoms with E-state index in [-0.39, 0.29) is 13.2 Å². The van der Waals surface area contributed by atoms with Crippen LogP contribution in [0.2, 0.25) is 0 Å². The number of nitrogens with two attached hydrogens (primary N) is 1. The Morgan fingerprint density at radius 3 is 2.60 bits per heavy atom. The van der Waals surface area contributed by atoms with Gasteiger partial charge in [0.05, 0.1) is 6.54 Å². The Bertz CT molecular complexity index is 413. The molecule has 0 aliphatic heterocycles. The number of para-hydroxylation sites is 1. The number of aliphatic hydroxyl groups is 1. The van der Waals surface area contributed by atoms with Crippen LogP contribution in [0.3, 0.4) is 0 Å². The van der Waals surface area contributed by atoms with E-state index < -0.39 is 18.8 Å². The third-order valence-electron chi connectivity index (χ3n) is 2.60. The van der Waals surface area contributed by atoms with Gasteiger partial charge in [0.1, 0.15) is 18.5 Å². The van der Waals surface area contributed by atoms with Crippen molar-refractivity contribution in [2.24, 2.45) is 5.73 Å². The van der Waals surface area contributed by atoms with Crippen LogP contribution in [0, 0.1) is 0 Å². The van der Waals surface area contributed by atoms with Crippen LogP contribution < -0.4 is 10.5 Å². The van der Waals surface area contributed by atoms with Gasteiger partial charge >= 0.3 is 6.18 Å². The van der Waals surface area contributed by atoms with Crippen molar-refractivity contribution < 1.29 is 23.0 Å². The van der Waals surface area contributed by atoms with Gasteiger partial charge in [0.25, 0.3) is 0 Å². The van der Waals surface area contributed by atoms with E-state index >= 15 is 0 Å². The lowest BCUT2D eigenvalue weighted by atomic mass is 10.2. The summed E-state index contributed by atoms with van der Waals surface area (Å²) in [5.74, 6) is 0.535. The Balaban J connectivity index is 2.41. The molecule has 3 N–H and O–H groups in total. The van der Waals surface area contributed by atoms with E-state index in [1.807, 2.05) is 6.07 Å². The van der Waals surface area contributed by atoms with Gasteiger partial charge in [-0.15, -0.1) is 0 Å². The molecule has 4 nitrogen and oxygen atoms in total. The largest absolute Gasteiger partial charge is 0.491 e. The standard InChI is InChI=1S/C13H19F3N2O2/c1-18(9-13(14,15)16)7-11(19)8-20-12-5-3-2-4-10(12)6-17/h2-5,11,19H,6-9,17H2,1H3. The van der Waals surface area contributed by atoms with Crippen LogP contribution in [0.5, 0.6) is 5.75 Å². The number of nitrogens with zero attached hydrogens (tertiary/aromatic N) is 1. The summed E-state index contributed by atoms with van der Waals surface area (Å²) in [6.45, 7) is -0.979. The minimum atomic E-state index is -4.28. The normalized spacial score (nSPS) is 13.6. The zero-order valence-corrected chi connectivity index (χ0v) is 11.2. The van der Waals surface area contributed by atoms with Crippen molar-refractivity contribution in [2.45, 2.75) is 18.8 Å². The Morgan fingerprint density at radius 2 is 2.00 bits per heavy atom. The highest BCUT2D eigenvalue weighted by molar-refractivity contribution is 5.32. The molecule has 0 fully saturated rings. The van der Waals surface area contributed by atoms with Crippen molar-refractivity contribution in [2.75, 3.05) is 26.7 Å². The highest BCUT2D eigenvalue weighted by Gasteiger charge is 2.29. The Hall–Kier alpha value is -1.31. The lowest BCUT2D eigenvalue weighted by Gasteiger charge is -2.22. The summed E-state index contributed by atoms with van der Waals surface area (Å²) in [6.07, 6.45) is -5.28. The predicted molar refractivity (Wildman–Crippen MR) is 69.4 cm³/mol. The fourth-order valence-electron chi connectivity index (χ4n) is 1.78. The number of benzene rings is 1. The average molecular weight is 292 g/mol. The van der Waals surface area contributed by atoms with Crippen LogP contribution in [-0.2, 0) is 6.54 Å². The lowest BCUT2D eigenvalue weighted by molar-refractivity contribution is -0.145. The van der Waals surface area contributed by atoms with E-state index in [0.717, 1.165) is 10.5 Å². The van der Waals surface area contributed by atoms with Crippen LogP contribution in [0.4, 0.5) is 13.2 Å². The average Bonchev–Trinajstić information content (AvgIpc) is 2.34. The summed E-state index contributed by atoms with van der Waals surface area (Å²) < 4.78 is 41.8. The summed E-state index contributed by atoms with van der Waals surface area (Å²) in [5, 5.41) is 9.68. The number of hydrogen-bond donors (Lipinski definition) is 2. The maximum atomic E-state index is 12.1. The van der Waals surface area contributed by atoms with Gasteiger partial charge in [-0.05, 0) is 13.1 Å². The molecular formula is C13H19F3N2O2. The summed E-state index contributed by atoms with van der Waals surface area (Å²) in [5.41, 5.74) is 6.31. The zero-order chi connectivity index (χ0) is 15.2. The number of rotatable bonds is 7. The maximum absolute atomic E-state index is 12.1. The third kappa shape index (κ3) is 6.23. The molecule has 0 aromatic heterocycles. The molecule has 0 radical (unpaired) electrons. The second-order valence-electron chi connectivity index (χ2n) is 4.59. The van der Waals surface area contributed by atoms with Crippen molar-refractivity contribution in [1.82, 2.24) is 4.90 Å². The number of aliphatic hydroxyl groups excluding tert-OH is 1. The molecule has 0 amide bonds. The summed E-state index contributed by atoms with van der Waals surface area (Å²) >= 11 is 0. The monoisotopic (exact) mass is 292 g/mol. The molecule has 20 heavy (non-hydrogen) atoms. The molecule has 1 aromatic carbocycles. The van der Waals surface area contributed by atoms with Crippen LogP contribution in [0.25, 0.3) is 0 Å². The molecule has 0 saturated carbocycles. The first-order valence-corrected chi connectivity index (χ1v) is 6.16. The maximum Gasteiger partial charge on any atom is 0.401 e. The van der Waals surface area contributed by atoms with Gasteiger partial charge in [-0.3, -0.25) is 4.90 Å². The topological polar surface area (TPSA) is 58.7 Å². The molecule has 0 heterocycles.